The third kappa shape index (κ3) is 2.10. The Morgan fingerprint density at radius 3 is 2.38 bits per heavy atom. The van der Waals surface area contributed by atoms with Gasteiger partial charge in [-0.05, 0) is 18.2 Å². The molecule has 0 unspecified atom stereocenters. The molecular formula is C12H7ClO2S. The van der Waals surface area contributed by atoms with Crippen LogP contribution in [-0.4, -0.2) is 8.42 Å². The van der Waals surface area contributed by atoms with Crippen LogP contribution in [0.1, 0.15) is 0 Å². The lowest BCUT2D eigenvalue weighted by Crippen LogP contribution is -2.01. The van der Waals surface area contributed by atoms with Crippen LogP contribution < -0.4 is 0 Å². The second-order valence-corrected chi connectivity index (χ2v) is 5.42. The van der Waals surface area contributed by atoms with Crippen molar-refractivity contribution >= 4 is 21.4 Å². The van der Waals surface area contributed by atoms with Crippen LogP contribution in [0.15, 0.2) is 52.3 Å². The van der Waals surface area contributed by atoms with Crippen molar-refractivity contribution < 1.29 is 8.42 Å². The fourth-order valence-electron chi connectivity index (χ4n) is 1.24. The molecule has 2 nitrogen and oxygen atoms in total. The molecule has 0 aromatic heterocycles. The maximum atomic E-state index is 12.1. The molecular weight excluding hydrogens is 244 g/mol. The summed E-state index contributed by atoms with van der Waals surface area (Å²) >= 11 is 5.74. The van der Waals surface area contributed by atoms with E-state index in [0.29, 0.717) is 5.02 Å². The van der Waals surface area contributed by atoms with Gasteiger partial charge in [-0.25, -0.2) is 8.42 Å². The van der Waals surface area contributed by atoms with E-state index in [1.807, 2.05) is 0 Å². The fraction of sp³-hybridized carbons (Fsp3) is 0. The van der Waals surface area contributed by atoms with Crippen molar-refractivity contribution in [2.45, 2.75) is 9.79 Å². The quantitative estimate of drug-likeness (QED) is 0.821. The lowest BCUT2D eigenvalue weighted by molar-refractivity contribution is 0.596. The normalized spacial score (nSPS) is 11.3. The van der Waals surface area contributed by atoms with Crippen LogP contribution in [0.5, 0.6) is 0 Å². The summed E-state index contributed by atoms with van der Waals surface area (Å²) in [6.07, 6.45) is 0. The summed E-state index contributed by atoms with van der Waals surface area (Å²) < 4.78 is 24.1. The van der Waals surface area contributed by atoms with E-state index in [2.05, 4.69) is 12.1 Å². The molecule has 0 bridgehead atoms. The zero-order valence-corrected chi connectivity index (χ0v) is 9.72. The summed E-state index contributed by atoms with van der Waals surface area (Å²) in [6, 6.07) is 16.2. The molecule has 0 aliphatic carbocycles. The maximum Gasteiger partial charge on any atom is 0.207 e. The van der Waals surface area contributed by atoms with Gasteiger partial charge in [0.05, 0.1) is 9.79 Å². The highest BCUT2D eigenvalue weighted by atomic mass is 35.5. The van der Waals surface area contributed by atoms with E-state index in [1.165, 1.54) is 18.2 Å². The SMILES string of the molecule is O=S(=O)(c1[c]cccc1)c1[c]ccc(Cl)c1. The Morgan fingerprint density at radius 2 is 1.75 bits per heavy atom. The lowest BCUT2D eigenvalue weighted by atomic mass is 10.4. The average Bonchev–Trinajstić information content (AvgIpc) is 2.30. The second kappa shape index (κ2) is 4.28. The van der Waals surface area contributed by atoms with Crippen molar-refractivity contribution in [3.8, 4) is 0 Å². The van der Waals surface area contributed by atoms with Gasteiger partial charge in [0.25, 0.3) is 0 Å². The van der Waals surface area contributed by atoms with Crippen molar-refractivity contribution in [1.82, 2.24) is 0 Å². The molecule has 0 aliphatic rings. The van der Waals surface area contributed by atoms with Crippen LogP contribution >= 0.6 is 11.6 Å². The molecule has 4 heteroatoms. The van der Waals surface area contributed by atoms with Gasteiger partial charge in [0, 0.05) is 17.2 Å². The standard InChI is InChI=1S/C12H7ClO2S/c13-10-5-4-8-12(9-10)16(14,15)11-6-2-1-3-7-11/h1-6,9H. The maximum absolute atomic E-state index is 12.1. The van der Waals surface area contributed by atoms with E-state index < -0.39 is 9.84 Å². The number of halogens is 1. The van der Waals surface area contributed by atoms with Crippen molar-refractivity contribution in [3.05, 3.63) is 59.6 Å². The number of benzene rings is 2. The summed E-state index contributed by atoms with van der Waals surface area (Å²) in [6.45, 7) is 0. The molecule has 16 heavy (non-hydrogen) atoms. The minimum atomic E-state index is -3.56. The van der Waals surface area contributed by atoms with Gasteiger partial charge in [-0.15, -0.1) is 0 Å². The van der Waals surface area contributed by atoms with Gasteiger partial charge < -0.3 is 0 Å². The molecule has 0 atom stereocenters. The summed E-state index contributed by atoms with van der Waals surface area (Å²) in [7, 11) is -3.56. The minimum absolute atomic E-state index is 0.0578. The van der Waals surface area contributed by atoms with Gasteiger partial charge in [-0.1, -0.05) is 35.9 Å². The van der Waals surface area contributed by atoms with Crippen molar-refractivity contribution in [2.24, 2.45) is 0 Å². The van der Waals surface area contributed by atoms with Crippen LogP contribution in [-0.2, 0) is 9.84 Å². The monoisotopic (exact) mass is 250 g/mol. The minimum Gasteiger partial charge on any atom is -0.218 e. The number of hydrogen-bond acceptors (Lipinski definition) is 2. The zero-order chi connectivity index (χ0) is 11.6. The van der Waals surface area contributed by atoms with Gasteiger partial charge in [-0.2, -0.15) is 0 Å². The molecule has 0 amide bonds. The highest BCUT2D eigenvalue weighted by Gasteiger charge is 2.17. The van der Waals surface area contributed by atoms with Crippen LogP contribution in [0.4, 0.5) is 0 Å². The number of sulfone groups is 1. The Kier molecular flexibility index (Phi) is 2.99. The van der Waals surface area contributed by atoms with Gasteiger partial charge in [0.15, 0.2) is 0 Å². The van der Waals surface area contributed by atoms with Gasteiger partial charge >= 0.3 is 0 Å². The molecule has 0 saturated heterocycles. The van der Waals surface area contributed by atoms with E-state index in [1.54, 1.807) is 24.3 Å². The molecule has 2 aromatic carbocycles. The van der Waals surface area contributed by atoms with Crippen molar-refractivity contribution in [3.63, 3.8) is 0 Å². The lowest BCUT2D eigenvalue weighted by Gasteiger charge is -2.03. The van der Waals surface area contributed by atoms with Crippen molar-refractivity contribution in [2.75, 3.05) is 0 Å². The van der Waals surface area contributed by atoms with Gasteiger partial charge in [0.1, 0.15) is 0 Å². The number of hydrogen-bond donors (Lipinski definition) is 0. The molecule has 0 aliphatic heterocycles. The highest BCUT2D eigenvalue weighted by Crippen LogP contribution is 2.21. The molecule has 0 fully saturated rings. The van der Waals surface area contributed by atoms with E-state index in [9.17, 15) is 8.42 Å². The molecule has 2 radical (unpaired) electrons. The summed E-state index contributed by atoms with van der Waals surface area (Å²) in [5.74, 6) is 0. The second-order valence-electron chi connectivity index (χ2n) is 3.10. The molecule has 2 aromatic rings. The van der Waals surface area contributed by atoms with E-state index in [4.69, 9.17) is 11.6 Å². The number of rotatable bonds is 2. The van der Waals surface area contributed by atoms with Gasteiger partial charge in [-0.3, -0.25) is 0 Å². The predicted molar refractivity (Wildman–Crippen MR) is 61.0 cm³/mol. The van der Waals surface area contributed by atoms with Crippen molar-refractivity contribution in [1.29, 1.82) is 0 Å². The topological polar surface area (TPSA) is 34.1 Å². The Balaban J connectivity index is 2.56. The van der Waals surface area contributed by atoms with Gasteiger partial charge in [0.2, 0.25) is 9.84 Å². The summed E-state index contributed by atoms with van der Waals surface area (Å²) in [4.78, 5) is 0.177. The first kappa shape index (κ1) is 11.2. The highest BCUT2D eigenvalue weighted by molar-refractivity contribution is 7.91. The molecule has 2 rings (SSSR count). The van der Waals surface area contributed by atoms with E-state index >= 15 is 0 Å². The van der Waals surface area contributed by atoms with E-state index in [0.717, 1.165) is 0 Å². The Bertz CT molecular complexity index is 591. The third-order valence-corrected chi connectivity index (χ3v) is 3.88. The smallest absolute Gasteiger partial charge is 0.207 e. The summed E-state index contributed by atoms with van der Waals surface area (Å²) in [5.41, 5.74) is 0. The Labute approximate surface area is 99.4 Å². The first-order valence-electron chi connectivity index (χ1n) is 4.50. The molecule has 0 spiro atoms. The zero-order valence-electron chi connectivity index (χ0n) is 8.14. The van der Waals surface area contributed by atoms with E-state index in [-0.39, 0.29) is 9.79 Å². The Morgan fingerprint density at radius 1 is 1.00 bits per heavy atom. The van der Waals surface area contributed by atoms with Crippen LogP contribution in [0.2, 0.25) is 5.02 Å². The van der Waals surface area contributed by atoms with Crippen LogP contribution in [0.3, 0.4) is 0 Å². The average molecular weight is 251 g/mol. The fourth-order valence-corrected chi connectivity index (χ4v) is 2.70. The largest absolute Gasteiger partial charge is 0.218 e. The predicted octanol–water partition coefficient (Wildman–Crippen LogP) is 2.77. The first-order chi connectivity index (χ1) is 7.60. The third-order valence-electron chi connectivity index (χ3n) is 2.00. The Hall–Kier alpha value is -1.32. The molecule has 0 saturated carbocycles. The van der Waals surface area contributed by atoms with Crippen LogP contribution in [0.25, 0.3) is 0 Å². The molecule has 0 N–H and O–H groups in total. The molecule has 80 valence electrons. The molecule has 0 heterocycles. The summed E-state index contributed by atoms with van der Waals surface area (Å²) in [5, 5.41) is 0.369. The first-order valence-corrected chi connectivity index (χ1v) is 6.36. The van der Waals surface area contributed by atoms with Crippen LogP contribution in [0, 0.1) is 12.1 Å².